The van der Waals surface area contributed by atoms with Crippen LogP contribution in [0.25, 0.3) is 11.1 Å². The van der Waals surface area contributed by atoms with Crippen LogP contribution in [-0.4, -0.2) is 23.8 Å². The number of hydrogen-bond donors (Lipinski definition) is 2. The summed E-state index contributed by atoms with van der Waals surface area (Å²) in [6.07, 6.45) is -5.89. The summed E-state index contributed by atoms with van der Waals surface area (Å²) in [4.78, 5) is 24.1. The fourth-order valence-corrected chi connectivity index (χ4v) is 4.04. The molecule has 1 aliphatic carbocycles. The van der Waals surface area contributed by atoms with Gasteiger partial charge in [-0.3, -0.25) is 0 Å². The summed E-state index contributed by atoms with van der Waals surface area (Å²) in [5.74, 6) is -1.89. The van der Waals surface area contributed by atoms with Gasteiger partial charge in [-0.25, -0.2) is 9.59 Å². The molecular formula is C24H18F3NO4. The molecule has 3 aromatic rings. The third-order valence-electron chi connectivity index (χ3n) is 5.43. The van der Waals surface area contributed by atoms with Crippen LogP contribution in [0, 0.1) is 0 Å². The third-order valence-corrected chi connectivity index (χ3v) is 5.43. The van der Waals surface area contributed by atoms with Crippen LogP contribution in [0.15, 0.2) is 72.8 Å². The average Bonchev–Trinajstić information content (AvgIpc) is 3.09. The number of hydrogen-bond acceptors (Lipinski definition) is 3. The molecular weight excluding hydrogens is 423 g/mol. The molecule has 4 rings (SSSR count). The predicted molar refractivity (Wildman–Crippen MR) is 110 cm³/mol. The van der Waals surface area contributed by atoms with E-state index < -0.39 is 35.4 Å². The number of carboxylic acid groups (broad SMARTS) is 1. The van der Waals surface area contributed by atoms with E-state index in [0.29, 0.717) is 0 Å². The first-order valence-corrected chi connectivity index (χ1v) is 9.78. The van der Waals surface area contributed by atoms with Crippen LogP contribution in [0.4, 0.5) is 18.0 Å². The normalized spacial score (nSPS) is 13.7. The SMILES string of the molecule is O=C(N[C@H](C(=O)O)c1ccccc1C(F)(F)F)OCC1c2ccccc2-c2ccccc21. The van der Waals surface area contributed by atoms with E-state index in [-0.39, 0.29) is 12.5 Å². The van der Waals surface area contributed by atoms with Crippen molar-refractivity contribution in [3.8, 4) is 11.1 Å². The van der Waals surface area contributed by atoms with E-state index in [1.807, 2.05) is 48.5 Å². The standard InChI is InChI=1S/C24H18F3NO4/c25-24(26,27)20-12-6-5-11-18(20)21(22(29)30)28-23(31)32-13-19-16-9-3-1-7-14(16)15-8-2-4-10-17(15)19/h1-12,19,21H,13H2,(H,28,31)(H,29,30)/t21-/m0/s1. The molecule has 0 unspecified atom stereocenters. The second-order valence-electron chi connectivity index (χ2n) is 7.33. The van der Waals surface area contributed by atoms with Gasteiger partial charge in [0.1, 0.15) is 6.61 Å². The Labute approximate surface area is 181 Å². The highest BCUT2D eigenvalue weighted by Gasteiger charge is 2.37. The molecule has 0 heterocycles. The number of carbonyl (C=O) groups excluding carboxylic acids is 1. The zero-order valence-electron chi connectivity index (χ0n) is 16.6. The Morgan fingerprint density at radius 1 is 0.906 bits per heavy atom. The van der Waals surface area contributed by atoms with E-state index in [0.717, 1.165) is 40.5 Å². The minimum absolute atomic E-state index is 0.0902. The second kappa shape index (κ2) is 8.37. The molecule has 0 bridgehead atoms. The van der Waals surface area contributed by atoms with Gasteiger partial charge >= 0.3 is 18.2 Å². The fraction of sp³-hybridized carbons (Fsp3) is 0.167. The molecule has 0 saturated heterocycles. The van der Waals surface area contributed by atoms with Gasteiger partial charge in [-0.05, 0) is 33.9 Å². The van der Waals surface area contributed by atoms with Gasteiger partial charge in [0.15, 0.2) is 6.04 Å². The number of fused-ring (bicyclic) bond motifs is 3. The molecule has 164 valence electrons. The molecule has 1 atom stereocenters. The highest BCUT2D eigenvalue weighted by molar-refractivity contribution is 5.82. The topological polar surface area (TPSA) is 75.6 Å². The maximum absolute atomic E-state index is 13.3. The van der Waals surface area contributed by atoms with Crippen molar-refractivity contribution in [3.63, 3.8) is 0 Å². The van der Waals surface area contributed by atoms with E-state index in [1.165, 1.54) is 6.07 Å². The summed E-state index contributed by atoms with van der Waals surface area (Å²) in [6, 6.07) is 17.6. The molecule has 0 radical (unpaired) electrons. The first-order valence-electron chi connectivity index (χ1n) is 9.78. The van der Waals surface area contributed by atoms with E-state index in [1.54, 1.807) is 0 Å². The highest BCUT2D eigenvalue weighted by atomic mass is 19.4. The van der Waals surface area contributed by atoms with Gasteiger partial charge in [0, 0.05) is 5.92 Å². The van der Waals surface area contributed by atoms with Crippen LogP contribution in [0.3, 0.4) is 0 Å². The van der Waals surface area contributed by atoms with Crippen molar-refractivity contribution in [3.05, 3.63) is 95.1 Å². The zero-order chi connectivity index (χ0) is 22.9. The van der Waals surface area contributed by atoms with Gasteiger partial charge < -0.3 is 15.2 Å². The van der Waals surface area contributed by atoms with Crippen LogP contribution in [0.2, 0.25) is 0 Å². The number of carbonyl (C=O) groups is 2. The van der Waals surface area contributed by atoms with E-state index >= 15 is 0 Å². The van der Waals surface area contributed by atoms with Gasteiger partial charge in [-0.15, -0.1) is 0 Å². The van der Waals surface area contributed by atoms with Gasteiger partial charge in [-0.2, -0.15) is 13.2 Å². The number of rotatable bonds is 5. The molecule has 5 nitrogen and oxygen atoms in total. The molecule has 3 aromatic carbocycles. The number of alkyl halides is 3. The van der Waals surface area contributed by atoms with Gasteiger partial charge in [-0.1, -0.05) is 66.7 Å². The number of carboxylic acids is 1. The Morgan fingerprint density at radius 2 is 1.44 bits per heavy atom. The van der Waals surface area contributed by atoms with Crippen molar-refractivity contribution in [2.45, 2.75) is 18.1 Å². The lowest BCUT2D eigenvalue weighted by Gasteiger charge is -2.20. The molecule has 1 amide bonds. The Hall–Kier alpha value is -3.81. The molecule has 0 saturated carbocycles. The first-order chi connectivity index (χ1) is 15.3. The van der Waals surface area contributed by atoms with Crippen LogP contribution in [0.1, 0.15) is 34.2 Å². The Kier molecular flexibility index (Phi) is 5.61. The van der Waals surface area contributed by atoms with Crippen LogP contribution in [0.5, 0.6) is 0 Å². The molecule has 8 heteroatoms. The monoisotopic (exact) mass is 441 g/mol. The number of ether oxygens (including phenoxy) is 1. The first kappa shape index (κ1) is 21.4. The molecule has 2 N–H and O–H groups in total. The predicted octanol–water partition coefficient (Wildman–Crippen LogP) is 5.37. The van der Waals surface area contributed by atoms with Crippen molar-refractivity contribution in [1.29, 1.82) is 0 Å². The zero-order valence-corrected chi connectivity index (χ0v) is 16.6. The molecule has 0 fully saturated rings. The molecule has 0 aliphatic heterocycles. The number of benzene rings is 3. The van der Waals surface area contributed by atoms with E-state index in [4.69, 9.17) is 4.74 Å². The van der Waals surface area contributed by atoms with E-state index in [2.05, 4.69) is 5.32 Å². The summed E-state index contributed by atoms with van der Waals surface area (Å²) in [5, 5.41) is 11.5. The van der Waals surface area contributed by atoms with Crippen LogP contribution < -0.4 is 5.32 Å². The summed E-state index contributed by atoms with van der Waals surface area (Å²) in [6.45, 7) is -0.0902. The Morgan fingerprint density at radius 3 is 2.00 bits per heavy atom. The van der Waals surface area contributed by atoms with Crippen LogP contribution >= 0.6 is 0 Å². The molecule has 0 spiro atoms. The number of nitrogens with one attached hydrogen (secondary N) is 1. The lowest BCUT2D eigenvalue weighted by atomic mass is 9.98. The van der Waals surface area contributed by atoms with Crippen molar-refractivity contribution in [2.75, 3.05) is 6.61 Å². The highest BCUT2D eigenvalue weighted by Crippen LogP contribution is 2.44. The number of halogens is 3. The van der Waals surface area contributed by atoms with Gasteiger partial charge in [0.25, 0.3) is 0 Å². The Balaban J connectivity index is 1.52. The number of alkyl carbamates (subject to hydrolysis) is 1. The second-order valence-corrected chi connectivity index (χ2v) is 7.33. The third kappa shape index (κ3) is 4.03. The maximum atomic E-state index is 13.3. The summed E-state index contributed by atoms with van der Waals surface area (Å²) >= 11 is 0. The summed E-state index contributed by atoms with van der Waals surface area (Å²) in [5.41, 5.74) is 2.24. The lowest BCUT2D eigenvalue weighted by molar-refractivity contribution is -0.142. The number of amides is 1. The maximum Gasteiger partial charge on any atom is 0.416 e. The fourth-order valence-electron chi connectivity index (χ4n) is 4.04. The van der Waals surface area contributed by atoms with Crippen molar-refractivity contribution in [1.82, 2.24) is 5.32 Å². The summed E-state index contributed by atoms with van der Waals surface area (Å²) in [7, 11) is 0. The van der Waals surface area contributed by atoms with Crippen molar-refractivity contribution >= 4 is 12.1 Å². The van der Waals surface area contributed by atoms with Gasteiger partial charge in [0.2, 0.25) is 0 Å². The van der Waals surface area contributed by atoms with Crippen molar-refractivity contribution < 1.29 is 32.6 Å². The smallest absolute Gasteiger partial charge is 0.416 e. The largest absolute Gasteiger partial charge is 0.479 e. The van der Waals surface area contributed by atoms with Crippen molar-refractivity contribution in [2.24, 2.45) is 0 Å². The average molecular weight is 441 g/mol. The quantitative estimate of drug-likeness (QED) is 0.558. The van der Waals surface area contributed by atoms with Gasteiger partial charge in [0.05, 0.1) is 5.56 Å². The molecule has 32 heavy (non-hydrogen) atoms. The number of aliphatic carboxylic acids is 1. The minimum atomic E-state index is -4.77. The lowest BCUT2D eigenvalue weighted by Crippen LogP contribution is -2.36. The minimum Gasteiger partial charge on any atom is -0.479 e. The molecule has 0 aromatic heterocycles. The molecule has 1 aliphatic rings. The Bertz CT molecular complexity index is 1130. The summed E-state index contributed by atoms with van der Waals surface area (Å²) < 4.78 is 45.2. The van der Waals surface area contributed by atoms with Crippen LogP contribution in [-0.2, 0) is 15.7 Å². The van der Waals surface area contributed by atoms with E-state index in [9.17, 15) is 27.9 Å².